The molecule has 2 aromatic rings. The summed E-state index contributed by atoms with van der Waals surface area (Å²) in [6.45, 7) is 4.27. The Kier molecular flexibility index (Phi) is 5.08. The molecule has 0 atom stereocenters. The topological polar surface area (TPSA) is 25.8 Å². The molecule has 0 saturated heterocycles. The molecule has 0 aliphatic carbocycles. The van der Waals surface area contributed by atoms with E-state index >= 15 is 0 Å². The molecule has 18 heavy (non-hydrogen) atoms. The van der Waals surface area contributed by atoms with E-state index in [0.29, 0.717) is 0 Å². The summed E-state index contributed by atoms with van der Waals surface area (Å²) < 4.78 is 0. The zero-order valence-electron chi connectivity index (χ0n) is 10.6. The van der Waals surface area contributed by atoms with Gasteiger partial charge in [-0.05, 0) is 23.6 Å². The van der Waals surface area contributed by atoms with Crippen molar-refractivity contribution in [3.8, 4) is 11.1 Å². The first-order valence-corrected chi connectivity index (χ1v) is 7.98. The lowest BCUT2D eigenvalue weighted by Crippen LogP contribution is -1.85. The first kappa shape index (κ1) is 13.4. The fourth-order valence-electron chi connectivity index (χ4n) is 1.57. The molecule has 2 aromatic heterocycles. The summed E-state index contributed by atoms with van der Waals surface area (Å²) in [6, 6.07) is 8.35. The fraction of sp³-hybridized carbons (Fsp3) is 0.286. The molecule has 0 radical (unpaired) electrons. The summed E-state index contributed by atoms with van der Waals surface area (Å²) in [6.07, 6.45) is 3.84. The Morgan fingerprint density at radius 2 is 1.22 bits per heavy atom. The van der Waals surface area contributed by atoms with E-state index in [-0.39, 0.29) is 0 Å². The van der Waals surface area contributed by atoms with E-state index in [1.807, 2.05) is 12.4 Å². The average molecular weight is 276 g/mol. The molecule has 0 saturated carbocycles. The molecule has 0 bridgehead atoms. The third-order valence-corrected chi connectivity index (χ3v) is 4.04. The second kappa shape index (κ2) is 6.81. The van der Waals surface area contributed by atoms with Gasteiger partial charge in [0, 0.05) is 23.5 Å². The fourth-order valence-corrected chi connectivity index (χ4v) is 2.74. The van der Waals surface area contributed by atoms with Crippen LogP contribution in [0.25, 0.3) is 11.1 Å². The van der Waals surface area contributed by atoms with Crippen molar-refractivity contribution in [2.24, 2.45) is 0 Å². The lowest BCUT2D eigenvalue weighted by Gasteiger charge is -2.03. The van der Waals surface area contributed by atoms with E-state index in [2.05, 4.69) is 48.1 Å². The lowest BCUT2D eigenvalue weighted by atomic mass is 10.1. The van der Waals surface area contributed by atoms with Crippen molar-refractivity contribution in [1.29, 1.82) is 0 Å². The first-order valence-electron chi connectivity index (χ1n) is 6.01. The summed E-state index contributed by atoms with van der Waals surface area (Å²) >= 11 is 3.52. The second-order valence-electron chi connectivity index (χ2n) is 3.64. The zero-order valence-corrected chi connectivity index (χ0v) is 12.2. The minimum absolute atomic E-state index is 1.05. The van der Waals surface area contributed by atoms with Crippen LogP contribution in [0.4, 0.5) is 0 Å². The summed E-state index contributed by atoms with van der Waals surface area (Å²) in [5, 5.41) is 2.15. The number of hydrogen-bond donors (Lipinski definition) is 0. The van der Waals surface area contributed by atoms with Crippen LogP contribution in [0.5, 0.6) is 0 Å². The van der Waals surface area contributed by atoms with Crippen molar-refractivity contribution in [2.75, 3.05) is 11.5 Å². The average Bonchev–Trinajstić information content (AvgIpc) is 2.41. The number of thioether (sulfide) groups is 2. The quantitative estimate of drug-likeness (QED) is 0.757. The molecule has 0 aliphatic rings. The largest absolute Gasteiger partial charge is 0.249 e. The molecule has 2 heterocycles. The van der Waals surface area contributed by atoms with Gasteiger partial charge in [-0.2, -0.15) is 0 Å². The number of aromatic nitrogens is 2. The predicted molar refractivity (Wildman–Crippen MR) is 80.3 cm³/mol. The molecule has 0 unspecified atom stereocenters. The highest BCUT2D eigenvalue weighted by Gasteiger charge is 2.01. The van der Waals surface area contributed by atoms with Crippen molar-refractivity contribution in [3.05, 3.63) is 36.7 Å². The Morgan fingerprint density at radius 1 is 0.778 bits per heavy atom. The molecule has 4 heteroatoms. The van der Waals surface area contributed by atoms with Crippen LogP contribution in [0, 0.1) is 0 Å². The highest BCUT2D eigenvalue weighted by molar-refractivity contribution is 7.99. The van der Waals surface area contributed by atoms with Gasteiger partial charge >= 0.3 is 0 Å². The molecule has 0 aromatic carbocycles. The Balaban J connectivity index is 2.15. The summed E-state index contributed by atoms with van der Waals surface area (Å²) in [4.78, 5) is 8.87. The van der Waals surface area contributed by atoms with Gasteiger partial charge in [0.05, 0.1) is 10.1 Å². The highest BCUT2D eigenvalue weighted by atomic mass is 32.2. The number of nitrogens with zero attached hydrogens (tertiary/aromatic N) is 2. The standard InChI is InChI=1S/C14H16N2S2/c1-3-17-13-7-5-11(9-15-13)12-6-8-14(16-10-12)18-4-2/h5-10H,3-4H2,1-2H3. The number of rotatable bonds is 5. The molecule has 0 amide bonds. The lowest BCUT2D eigenvalue weighted by molar-refractivity contribution is 1.12. The number of hydrogen-bond acceptors (Lipinski definition) is 4. The maximum Gasteiger partial charge on any atom is 0.0960 e. The molecule has 2 rings (SSSR count). The number of pyridine rings is 2. The van der Waals surface area contributed by atoms with Gasteiger partial charge in [-0.25, -0.2) is 9.97 Å². The van der Waals surface area contributed by atoms with Crippen molar-refractivity contribution < 1.29 is 0 Å². The van der Waals surface area contributed by atoms with Crippen molar-refractivity contribution in [2.45, 2.75) is 23.9 Å². The molecular weight excluding hydrogens is 260 g/mol. The van der Waals surface area contributed by atoms with Gasteiger partial charge in [-0.3, -0.25) is 0 Å². The first-order chi connectivity index (χ1) is 8.83. The monoisotopic (exact) mass is 276 g/mol. The minimum Gasteiger partial charge on any atom is -0.249 e. The van der Waals surface area contributed by atoms with Crippen molar-refractivity contribution in [3.63, 3.8) is 0 Å². The van der Waals surface area contributed by atoms with Crippen LogP contribution >= 0.6 is 23.5 Å². The van der Waals surface area contributed by atoms with Crippen molar-refractivity contribution in [1.82, 2.24) is 9.97 Å². The summed E-state index contributed by atoms with van der Waals surface area (Å²) in [5.74, 6) is 2.10. The van der Waals surface area contributed by atoms with E-state index in [9.17, 15) is 0 Å². The normalized spacial score (nSPS) is 10.6. The van der Waals surface area contributed by atoms with Crippen molar-refractivity contribution >= 4 is 23.5 Å². The predicted octanol–water partition coefficient (Wildman–Crippen LogP) is 4.37. The van der Waals surface area contributed by atoms with E-state index in [1.54, 1.807) is 23.5 Å². The molecule has 0 aliphatic heterocycles. The smallest absolute Gasteiger partial charge is 0.0960 e. The zero-order chi connectivity index (χ0) is 12.8. The van der Waals surface area contributed by atoms with Gasteiger partial charge in [0.25, 0.3) is 0 Å². The van der Waals surface area contributed by atoms with E-state index in [0.717, 1.165) is 32.7 Å². The minimum atomic E-state index is 1.05. The van der Waals surface area contributed by atoms with E-state index in [1.165, 1.54) is 0 Å². The Bertz CT molecular complexity index is 433. The molecule has 0 spiro atoms. The van der Waals surface area contributed by atoms with Gasteiger partial charge in [0.15, 0.2) is 0 Å². The molecular formula is C14H16N2S2. The third-order valence-electron chi connectivity index (χ3n) is 2.39. The second-order valence-corrected chi connectivity index (χ2v) is 6.20. The van der Waals surface area contributed by atoms with Crippen LogP contribution in [0.15, 0.2) is 46.7 Å². The maximum atomic E-state index is 4.43. The van der Waals surface area contributed by atoms with Gasteiger partial charge in [-0.15, -0.1) is 23.5 Å². The molecule has 0 fully saturated rings. The Hall–Kier alpha value is -1.00. The SMILES string of the molecule is CCSc1ccc(-c2ccc(SCC)nc2)cn1. The Morgan fingerprint density at radius 3 is 1.50 bits per heavy atom. The molecule has 2 nitrogen and oxygen atoms in total. The van der Waals surface area contributed by atoms with E-state index in [4.69, 9.17) is 0 Å². The van der Waals surface area contributed by atoms with Crippen LogP contribution < -0.4 is 0 Å². The van der Waals surface area contributed by atoms with Crippen LogP contribution in [0.1, 0.15) is 13.8 Å². The molecule has 94 valence electrons. The Labute approximate surface area is 117 Å². The summed E-state index contributed by atoms with van der Waals surface area (Å²) in [5.41, 5.74) is 2.24. The van der Waals surface area contributed by atoms with Gasteiger partial charge in [-0.1, -0.05) is 26.0 Å². The highest BCUT2D eigenvalue weighted by Crippen LogP contribution is 2.23. The van der Waals surface area contributed by atoms with Crippen LogP contribution in [0.3, 0.4) is 0 Å². The summed E-state index contributed by atoms with van der Waals surface area (Å²) in [7, 11) is 0. The molecule has 0 N–H and O–H groups in total. The maximum absolute atomic E-state index is 4.43. The van der Waals surface area contributed by atoms with Gasteiger partial charge in [0.2, 0.25) is 0 Å². The van der Waals surface area contributed by atoms with Gasteiger partial charge < -0.3 is 0 Å². The van der Waals surface area contributed by atoms with Gasteiger partial charge in [0.1, 0.15) is 0 Å². The van der Waals surface area contributed by atoms with Crippen LogP contribution in [-0.2, 0) is 0 Å². The van der Waals surface area contributed by atoms with Crippen LogP contribution in [0.2, 0.25) is 0 Å². The van der Waals surface area contributed by atoms with Crippen LogP contribution in [-0.4, -0.2) is 21.5 Å². The van der Waals surface area contributed by atoms with E-state index < -0.39 is 0 Å². The third kappa shape index (κ3) is 3.50.